The number of nitrogens with one attached hydrogen (secondary N) is 1. The minimum atomic E-state index is 0.527. The van der Waals surface area contributed by atoms with Crippen molar-refractivity contribution >= 4 is 0 Å². The third-order valence-corrected chi connectivity index (χ3v) is 4.21. The monoisotopic (exact) mass is 256 g/mol. The molecule has 0 unspecified atom stereocenters. The van der Waals surface area contributed by atoms with Gasteiger partial charge in [0.15, 0.2) is 0 Å². The summed E-state index contributed by atoms with van der Waals surface area (Å²) in [6.45, 7) is 11.2. The van der Waals surface area contributed by atoms with Crippen LogP contribution in [-0.2, 0) is 4.74 Å². The lowest BCUT2D eigenvalue weighted by Gasteiger charge is -2.35. The van der Waals surface area contributed by atoms with E-state index in [4.69, 9.17) is 4.74 Å². The highest BCUT2D eigenvalue weighted by Crippen LogP contribution is 2.38. The molecule has 3 nitrogen and oxygen atoms in total. The van der Waals surface area contributed by atoms with Crippen LogP contribution in [0.1, 0.15) is 46.0 Å². The molecule has 0 heterocycles. The van der Waals surface area contributed by atoms with Gasteiger partial charge in [0.1, 0.15) is 0 Å². The SMILES string of the molecule is CCCNCC1(CN(CC)CCOC)CCCC1. The average molecular weight is 256 g/mol. The Balaban J connectivity index is 2.43. The summed E-state index contributed by atoms with van der Waals surface area (Å²) in [5, 5.41) is 3.65. The third-order valence-electron chi connectivity index (χ3n) is 4.21. The Labute approximate surface area is 113 Å². The zero-order chi connectivity index (χ0) is 13.3. The number of ether oxygens (including phenoxy) is 1. The topological polar surface area (TPSA) is 24.5 Å². The van der Waals surface area contributed by atoms with Crippen molar-refractivity contribution in [1.82, 2.24) is 10.2 Å². The second-order valence-electron chi connectivity index (χ2n) is 5.75. The van der Waals surface area contributed by atoms with Crippen LogP contribution < -0.4 is 5.32 Å². The van der Waals surface area contributed by atoms with E-state index in [2.05, 4.69) is 24.1 Å². The maximum Gasteiger partial charge on any atom is 0.0589 e. The fraction of sp³-hybridized carbons (Fsp3) is 1.00. The second-order valence-corrected chi connectivity index (χ2v) is 5.75. The summed E-state index contributed by atoms with van der Waals surface area (Å²) < 4.78 is 5.21. The smallest absolute Gasteiger partial charge is 0.0589 e. The van der Waals surface area contributed by atoms with Gasteiger partial charge in [0.05, 0.1) is 6.61 Å². The van der Waals surface area contributed by atoms with Crippen LogP contribution in [0.4, 0.5) is 0 Å². The molecule has 0 aromatic heterocycles. The fourth-order valence-corrected chi connectivity index (χ4v) is 3.09. The van der Waals surface area contributed by atoms with Gasteiger partial charge in [-0.2, -0.15) is 0 Å². The third kappa shape index (κ3) is 5.25. The average Bonchev–Trinajstić information content (AvgIpc) is 2.84. The molecule has 0 aliphatic heterocycles. The highest BCUT2D eigenvalue weighted by molar-refractivity contribution is 4.89. The normalized spacial score (nSPS) is 18.7. The predicted octanol–water partition coefficient (Wildman–Crippen LogP) is 2.51. The first-order valence-corrected chi connectivity index (χ1v) is 7.68. The van der Waals surface area contributed by atoms with Crippen molar-refractivity contribution in [2.45, 2.75) is 46.0 Å². The summed E-state index contributed by atoms with van der Waals surface area (Å²) in [4.78, 5) is 2.56. The Morgan fingerprint density at radius 1 is 1.22 bits per heavy atom. The van der Waals surface area contributed by atoms with Crippen molar-refractivity contribution in [3.63, 3.8) is 0 Å². The van der Waals surface area contributed by atoms with Crippen LogP contribution in [0.2, 0.25) is 0 Å². The van der Waals surface area contributed by atoms with Gasteiger partial charge in [-0.15, -0.1) is 0 Å². The lowest BCUT2D eigenvalue weighted by Crippen LogP contribution is -2.43. The summed E-state index contributed by atoms with van der Waals surface area (Å²) in [6, 6.07) is 0. The van der Waals surface area contributed by atoms with Gasteiger partial charge in [0.2, 0.25) is 0 Å². The molecule has 0 saturated heterocycles. The van der Waals surface area contributed by atoms with Crippen LogP contribution in [0.25, 0.3) is 0 Å². The molecular weight excluding hydrogens is 224 g/mol. The molecule has 1 N–H and O–H groups in total. The number of hydrogen-bond acceptors (Lipinski definition) is 3. The van der Waals surface area contributed by atoms with Crippen molar-refractivity contribution in [3.8, 4) is 0 Å². The molecule has 0 aromatic rings. The first-order valence-electron chi connectivity index (χ1n) is 7.68. The van der Waals surface area contributed by atoms with Gasteiger partial charge in [0, 0.05) is 26.7 Å². The summed E-state index contributed by atoms with van der Waals surface area (Å²) in [7, 11) is 1.79. The van der Waals surface area contributed by atoms with Crippen molar-refractivity contribution in [1.29, 1.82) is 0 Å². The van der Waals surface area contributed by atoms with Crippen molar-refractivity contribution < 1.29 is 4.74 Å². The van der Waals surface area contributed by atoms with Gasteiger partial charge in [-0.05, 0) is 37.8 Å². The molecular formula is C15H32N2O. The Hall–Kier alpha value is -0.120. The van der Waals surface area contributed by atoms with E-state index in [-0.39, 0.29) is 0 Å². The molecule has 0 atom stereocenters. The number of likely N-dealkylation sites (N-methyl/N-ethyl adjacent to an activating group) is 1. The Morgan fingerprint density at radius 2 is 1.94 bits per heavy atom. The first kappa shape index (κ1) is 15.9. The Kier molecular flexibility index (Phi) is 7.87. The maximum absolute atomic E-state index is 5.21. The van der Waals surface area contributed by atoms with Gasteiger partial charge in [0.25, 0.3) is 0 Å². The summed E-state index contributed by atoms with van der Waals surface area (Å²) >= 11 is 0. The molecule has 18 heavy (non-hydrogen) atoms. The van der Waals surface area contributed by atoms with Gasteiger partial charge in [-0.1, -0.05) is 26.7 Å². The zero-order valence-electron chi connectivity index (χ0n) is 12.6. The maximum atomic E-state index is 5.21. The van der Waals surface area contributed by atoms with Crippen LogP contribution in [0, 0.1) is 5.41 Å². The van der Waals surface area contributed by atoms with E-state index in [0.717, 1.165) is 26.2 Å². The molecule has 1 aliphatic carbocycles. The van der Waals surface area contributed by atoms with Gasteiger partial charge in [-0.3, -0.25) is 0 Å². The standard InChI is InChI=1S/C15H32N2O/c1-4-10-16-13-15(8-6-7-9-15)14-17(5-2)11-12-18-3/h16H,4-14H2,1-3H3. The molecule has 3 heteroatoms. The molecule has 1 rings (SSSR count). The predicted molar refractivity (Wildman–Crippen MR) is 78.1 cm³/mol. The van der Waals surface area contributed by atoms with E-state index >= 15 is 0 Å². The van der Waals surface area contributed by atoms with Gasteiger partial charge in [-0.25, -0.2) is 0 Å². The van der Waals surface area contributed by atoms with Gasteiger partial charge >= 0.3 is 0 Å². The van der Waals surface area contributed by atoms with E-state index in [9.17, 15) is 0 Å². The number of rotatable bonds is 10. The lowest BCUT2D eigenvalue weighted by atomic mass is 9.85. The molecule has 1 fully saturated rings. The van der Waals surface area contributed by atoms with Crippen LogP contribution in [0.15, 0.2) is 0 Å². The van der Waals surface area contributed by atoms with Gasteiger partial charge < -0.3 is 15.0 Å². The highest BCUT2D eigenvalue weighted by Gasteiger charge is 2.34. The molecule has 1 saturated carbocycles. The summed E-state index contributed by atoms with van der Waals surface area (Å²) in [5.74, 6) is 0. The zero-order valence-corrected chi connectivity index (χ0v) is 12.6. The molecule has 0 bridgehead atoms. The highest BCUT2D eigenvalue weighted by atomic mass is 16.5. The van der Waals surface area contributed by atoms with Crippen LogP contribution in [-0.4, -0.2) is 51.3 Å². The summed E-state index contributed by atoms with van der Waals surface area (Å²) in [5.41, 5.74) is 0.527. The van der Waals surface area contributed by atoms with Crippen LogP contribution in [0.5, 0.6) is 0 Å². The number of nitrogens with zero attached hydrogens (tertiary/aromatic N) is 1. The van der Waals surface area contributed by atoms with Crippen molar-refractivity contribution in [2.75, 3.05) is 46.4 Å². The van der Waals surface area contributed by atoms with E-state index in [1.54, 1.807) is 7.11 Å². The molecule has 108 valence electrons. The van der Waals surface area contributed by atoms with E-state index in [1.165, 1.54) is 45.2 Å². The van der Waals surface area contributed by atoms with E-state index in [0.29, 0.717) is 5.41 Å². The minimum Gasteiger partial charge on any atom is -0.383 e. The quantitative estimate of drug-likeness (QED) is 0.608. The lowest BCUT2D eigenvalue weighted by molar-refractivity contribution is 0.109. The van der Waals surface area contributed by atoms with E-state index in [1.807, 2.05) is 0 Å². The first-order chi connectivity index (χ1) is 8.76. The fourth-order valence-electron chi connectivity index (χ4n) is 3.09. The number of hydrogen-bond donors (Lipinski definition) is 1. The van der Waals surface area contributed by atoms with E-state index < -0.39 is 0 Å². The number of methoxy groups -OCH3 is 1. The van der Waals surface area contributed by atoms with Crippen molar-refractivity contribution in [3.05, 3.63) is 0 Å². The Morgan fingerprint density at radius 3 is 2.50 bits per heavy atom. The Bertz CT molecular complexity index is 203. The molecule has 1 aliphatic rings. The molecule has 0 aromatic carbocycles. The minimum absolute atomic E-state index is 0.527. The molecule has 0 radical (unpaired) electrons. The summed E-state index contributed by atoms with van der Waals surface area (Å²) in [6.07, 6.45) is 6.85. The second kappa shape index (κ2) is 8.89. The van der Waals surface area contributed by atoms with Crippen LogP contribution in [0.3, 0.4) is 0 Å². The van der Waals surface area contributed by atoms with Crippen LogP contribution >= 0.6 is 0 Å². The van der Waals surface area contributed by atoms with Crippen molar-refractivity contribution in [2.24, 2.45) is 5.41 Å². The molecule has 0 spiro atoms. The molecule has 0 amide bonds. The largest absolute Gasteiger partial charge is 0.383 e.